The van der Waals surface area contributed by atoms with Crippen molar-refractivity contribution >= 4 is 11.6 Å². The van der Waals surface area contributed by atoms with E-state index in [0.717, 1.165) is 24.3 Å². The molecule has 0 aliphatic heterocycles. The normalized spacial score (nSPS) is 14.4. The standard InChI is InChI=1S/C13H21ClN2O/c1-4-9(8-16-2)13(15)11-7-10(14)5-6-12(11)17-3/h5-7,9,13,16H,4,8,15H2,1-3H3. The smallest absolute Gasteiger partial charge is 0.123 e. The van der Waals surface area contributed by atoms with Crippen LogP contribution in [0, 0.1) is 5.92 Å². The zero-order valence-electron chi connectivity index (χ0n) is 10.7. The van der Waals surface area contributed by atoms with E-state index >= 15 is 0 Å². The van der Waals surface area contributed by atoms with Gasteiger partial charge in [0.15, 0.2) is 0 Å². The minimum atomic E-state index is -0.0684. The van der Waals surface area contributed by atoms with Crippen molar-refractivity contribution in [2.24, 2.45) is 11.7 Å². The van der Waals surface area contributed by atoms with Crippen LogP contribution in [0.3, 0.4) is 0 Å². The van der Waals surface area contributed by atoms with Crippen molar-refractivity contribution in [1.29, 1.82) is 0 Å². The van der Waals surface area contributed by atoms with Crippen molar-refractivity contribution in [3.05, 3.63) is 28.8 Å². The Morgan fingerprint density at radius 1 is 1.47 bits per heavy atom. The second-order valence-electron chi connectivity index (χ2n) is 4.14. The molecule has 1 aromatic carbocycles. The summed E-state index contributed by atoms with van der Waals surface area (Å²) in [7, 11) is 3.59. The number of methoxy groups -OCH3 is 1. The van der Waals surface area contributed by atoms with Crippen molar-refractivity contribution in [2.75, 3.05) is 20.7 Å². The molecular formula is C13H21ClN2O. The summed E-state index contributed by atoms with van der Waals surface area (Å²) >= 11 is 6.02. The molecule has 1 rings (SSSR count). The minimum absolute atomic E-state index is 0.0684. The van der Waals surface area contributed by atoms with Gasteiger partial charge in [-0.2, -0.15) is 0 Å². The van der Waals surface area contributed by atoms with Crippen LogP contribution in [-0.2, 0) is 0 Å². The van der Waals surface area contributed by atoms with Gasteiger partial charge in [-0.3, -0.25) is 0 Å². The molecule has 2 unspecified atom stereocenters. The molecule has 1 aromatic rings. The van der Waals surface area contributed by atoms with Gasteiger partial charge in [-0.1, -0.05) is 24.9 Å². The van der Waals surface area contributed by atoms with Crippen LogP contribution in [0.15, 0.2) is 18.2 Å². The molecule has 0 aliphatic rings. The van der Waals surface area contributed by atoms with Gasteiger partial charge in [0.1, 0.15) is 5.75 Å². The number of hydrogen-bond acceptors (Lipinski definition) is 3. The molecule has 0 aromatic heterocycles. The Balaban J connectivity index is 2.99. The summed E-state index contributed by atoms with van der Waals surface area (Å²) in [6, 6.07) is 5.50. The molecule has 17 heavy (non-hydrogen) atoms. The Morgan fingerprint density at radius 2 is 2.18 bits per heavy atom. The highest BCUT2D eigenvalue weighted by molar-refractivity contribution is 6.30. The van der Waals surface area contributed by atoms with E-state index in [2.05, 4.69) is 12.2 Å². The van der Waals surface area contributed by atoms with Gasteiger partial charge in [0.05, 0.1) is 7.11 Å². The van der Waals surface area contributed by atoms with Crippen LogP contribution in [-0.4, -0.2) is 20.7 Å². The van der Waals surface area contributed by atoms with Gasteiger partial charge in [-0.25, -0.2) is 0 Å². The molecule has 0 saturated heterocycles. The summed E-state index contributed by atoms with van der Waals surface area (Å²) in [5.41, 5.74) is 7.28. The molecule has 3 nitrogen and oxygen atoms in total. The molecule has 0 bridgehead atoms. The predicted octanol–water partition coefficient (Wildman–Crippen LogP) is 2.59. The Morgan fingerprint density at radius 3 is 2.71 bits per heavy atom. The van der Waals surface area contributed by atoms with Crippen LogP contribution in [0.1, 0.15) is 24.9 Å². The van der Waals surface area contributed by atoms with E-state index < -0.39 is 0 Å². The first-order valence-corrected chi connectivity index (χ1v) is 6.25. The average Bonchev–Trinajstić information content (AvgIpc) is 2.35. The summed E-state index contributed by atoms with van der Waals surface area (Å²) < 4.78 is 5.34. The van der Waals surface area contributed by atoms with Gasteiger partial charge < -0.3 is 15.8 Å². The third-order valence-electron chi connectivity index (χ3n) is 3.05. The van der Waals surface area contributed by atoms with Crippen molar-refractivity contribution < 1.29 is 4.74 Å². The summed E-state index contributed by atoms with van der Waals surface area (Å²) in [5, 5.41) is 3.86. The molecule has 0 aliphatic carbocycles. The number of benzene rings is 1. The van der Waals surface area contributed by atoms with Crippen LogP contribution in [0.2, 0.25) is 5.02 Å². The van der Waals surface area contributed by atoms with Gasteiger partial charge in [-0.15, -0.1) is 0 Å². The number of nitrogens with one attached hydrogen (secondary N) is 1. The third-order valence-corrected chi connectivity index (χ3v) is 3.28. The van der Waals surface area contributed by atoms with Crippen molar-refractivity contribution in [3.63, 3.8) is 0 Å². The molecule has 0 heterocycles. The highest BCUT2D eigenvalue weighted by Gasteiger charge is 2.20. The lowest BCUT2D eigenvalue weighted by Gasteiger charge is -2.24. The van der Waals surface area contributed by atoms with Crippen LogP contribution in [0.25, 0.3) is 0 Å². The second-order valence-corrected chi connectivity index (χ2v) is 4.57. The average molecular weight is 257 g/mol. The van der Waals surface area contributed by atoms with Crippen LogP contribution >= 0.6 is 11.6 Å². The van der Waals surface area contributed by atoms with E-state index in [1.165, 1.54) is 0 Å². The van der Waals surface area contributed by atoms with Gasteiger partial charge in [0.25, 0.3) is 0 Å². The zero-order chi connectivity index (χ0) is 12.8. The van der Waals surface area contributed by atoms with E-state index in [0.29, 0.717) is 10.9 Å². The van der Waals surface area contributed by atoms with E-state index in [-0.39, 0.29) is 6.04 Å². The first kappa shape index (κ1) is 14.3. The molecule has 3 N–H and O–H groups in total. The molecule has 4 heteroatoms. The highest BCUT2D eigenvalue weighted by Crippen LogP contribution is 2.31. The number of nitrogens with two attached hydrogens (primary N) is 1. The largest absolute Gasteiger partial charge is 0.496 e. The van der Waals surface area contributed by atoms with E-state index in [4.69, 9.17) is 22.1 Å². The van der Waals surface area contributed by atoms with Gasteiger partial charge in [0.2, 0.25) is 0 Å². The quantitative estimate of drug-likeness (QED) is 0.823. The number of ether oxygens (including phenoxy) is 1. The summed E-state index contributed by atoms with van der Waals surface area (Å²) in [6.45, 7) is 3.02. The molecule has 2 atom stereocenters. The lowest BCUT2D eigenvalue weighted by Crippen LogP contribution is -2.29. The third kappa shape index (κ3) is 3.60. The molecule has 0 spiro atoms. The van der Waals surface area contributed by atoms with Gasteiger partial charge in [-0.05, 0) is 37.7 Å². The predicted molar refractivity (Wildman–Crippen MR) is 72.6 cm³/mol. The topological polar surface area (TPSA) is 47.3 Å². The summed E-state index contributed by atoms with van der Waals surface area (Å²) in [5.74, 6) is 1.17. The van der Waals surface area contributed by atoms with Gasteiger partial charge >= 0.3 is 0 Å². The first-order chi connectivity index (χ1) is 8.13. The van der Waals surface area contributed by atoms with Crippen LogP contribution in [0.4, 0.5) is 0 Å². The minimum Gasteiger partial charge on any atom is -0.496 e. The van der Waals surface area contributed by atoms with Crippen LogP contribution < -0.4 is 15.8 Å². The van der Waals surface area contributed by atoms with Crippen molar-refractivity contribution in [3.8, 4) is 5.75 Å². The fourth-order valence-corrected chi connectivity index (χ4v) is 2.19. The Labute approximate surface area is 108 Å². The molecule has 0 radical (unpaired) electrons. The van der Waals surface area contributed by atoms with E-state index in [1.807, 2.05) is 25.2 Å². The first-order valence-electron chi connectivity index (χ1n) is 5.87. The number of hydrogen-bond donors (Lipinski definition) is 2. The van der Waals surface area contributed by atoms with Crippen molar-refractivity contribution in [1.82, 2.24) is 5.32 Å². The Bertz CT molecular complexity index is 357. The maximum Gasteiger partial charge on any atom is 0.123 e. The lowest BCUT2D eigenvalue weighted by atomic mass is 9.91. The maximum atomic E-state index is 6.30. The summed E-state index contributed by atoms with van der Waals surface area (Å²) in [4.78, 5) is 0. The molecular weight excluding hydrogens is 236 g/mol. The molecule has 0 amide bonds. The Hall–Kier alpha value is -0.770. The van der Waals surface area contributed by atoms with Crippen LogP contribution in [0.5, 0.6) is 5.75 Å². The second kappa shape index (κ2) is 6.84. The number of rotatable bonds is 6. The maximum absolute atomic E-state index is 6.30. The van der Waals surface area contributed by atoms with E-state index in [9.17, 15) is 0 Å². The summed E-state index contributed by atoms with van der Waals surface area (Å²) in [6.07, 6.45) is 1.01. The van der Waals surface area contributed by atoms with Gasteiger partial charge in [0, 0.05) is 16.6 Å². The molecule has 0 saturated carbocycles. The number of halogens is 1. The van der Waals surface area contributed by atoms with Crippen molar-refractivity contribution in [2.45, 2.75) is 19.4 Å². The molecule has 0 fully saturated rings. The molecule has 96 valence electrons. The Kier molecular flexibility index (Phi) is 5.75. The zero-order valence-corrected chi connectivity index (χ0v) is 11.4. The SMILES string of the molecule is CCC(CNC)C(N)c1cc(Cl)ccc1OC. The fraction of sp³-hybridized carbons (Fsp3) is 0.538. The lowest BCUT2D eigenvalue weighted by molar-refractivity contribution is 0.371. The monoisotopic (exact) mass is 256 g/mol. The fourth-order valence-electron chi connectivity index (χ4n) is 2.01. The van der Waals surface area contributed by atoms with E-state index in [1.54, 1.807) is 7.11 Å². The highest BCUT2D eigenvalue weighted by atomic mass is 35.5.